The van der Waals surface area contributed by atoms with Gasteiger partial charge in [-0.25, -0.2) is 13.8 Å². The average molecular weight is 450 g/mol. The first-order valence-electron chi connectivity index (χ1n) is 9.59. The molecule has 13 heteroatoms. The lowest BCUT2D eigenvalue weighted by molar-refractivity contribution is -0.00816. The Morgan fingerprint density at radius 1 is 1.30 bits per heavy atom. The van der Waals surface area contributed by atoms with Gasteiger partial charge in [0.25, 0.3) is 10.1 Å². The zero-order valence-electron chi connectivity index (χ0n) is 18.0. The highest BCUT2D eigenvalue weighted by Gasteiger charge is 2.42. The fourth-order valence-electron chi connectivity index (χ4n) is 3.24. The summed E-state index contributed by atoms with van der Waals surface area (Å²) < 4.78 is 37.8. The van der Waals surface area contributed by atoms with Gasteiger partial charge in [0.2, 0.25) is 6.29 Å². The Morgan fingerprint density at radius 3 is 2.47 bits per heavy atom. The SMILES string of the molecule is CC1C(OS(C)(=O)=O)OC(=O)N1CCN1CCN(C(=O)OC(C)(C)C)C(C(=N)N)C1. The minimum absolute atomic E-state index is 0.152. The molecule has 3 N–H and O–H groups in total. The molecule has 30 heavy (non-hydrogen) atoms. The Bertz CT molecular complexity index is 782. The number of amides is 2. The number of nitrogens with zero attached hydrogens (tertiary/aromatic N) is 3. The van der Waals surface area contributed by atoms with Gasteiger partial charge in [-0.2, -0.15) is 8.42 Å². The maximum absolute atomic E-state index is 12.4. The molecule has 0 aliphatic carbocycles. The van der Waals surface area contributed by atoms with Crippen molar-refractivity contribution in [3.63, 3.8) is 0 Å². The van der Waals surface area contributed by atoms with Crippen molar-refractivity contribution in [3.05, 3.63) is 0 Å². The highest BCUT2D eigenvalue weighted by Crippen LogP contribution is 2.22. The number of rotatable bonds is 6. The molecule has 2 saturated heterocycles. The molecule has 2 fully saturated rings. The van der Waals surface area contributed by atoms with E-state index in [1.165, 1.54) is 9.80 Å². The molecule has 2 heterocycles. The number of hydrogen-bond donors (Lipinski definition) is 2. The predicted molar refractivity (Wildman–Crippen MR) is 107 cm³/mol. The van der Waals surface area contributed by atoms with E-state index in [-0.39, 0.29) is 12.4 Å². The van der Waals surface area contributed by atoms with Crippen molar-refractivity contribution in [2.24, 2.45) is 5.73 Å². The molecule has 0 aromatic carbocycles. The summed E-state index contributed by atoms with van der Waals surface area (Å²) in [5.74, 6) is -0.152. The fraction of sp³-hybridized carbons (Fsp3) is 0.824. The molecule has 12 nitrogen and oxygen atoms in total. The molecule has 0 spiro atoms. The zero-order chi connectivity index (χ0) is 22.9. The van der Waals surface area contributed by atoms with Gasteiger partial charge in [0.05, 0.1) is 12.3 Å². The van der Waals surface area contributed by atoms with Gasteiger partial charge in [0, 0.05) is 32.7 Å². The third-order valence-electron chi connectivity index (χ3n) is 4.72. The molecule has 2 rings (SSSR count). The molecular weight excluding hydrogens is 418 g/mol. The Balaban J connectivity index is 1.95. The number of nitrogens with one attached hydrogen (secondary N) is 1. The minimum atomic E-state index is -3.77. The minimum Gasteiger partial charge on any atom is -0.444 e. The van der Waals surface area contributed by atoms with Gasteiger partial charge in [-0.05, 0) is 27.7 Å². The predicted octanol–water partition coefficient (Wildman–Crippen LogP) is -0.0133. The lowest BCUT2D eigenvalue weighted by Crippen LogP contribution is -2.61. The van der Waals surface area contributed by atoms with Crippen molar-refractivity contribution in [3.8, 4) is 0 Å². The normalized spacial score (nSPS) is 25.9. The van der Waals surface area contributed by atoms with E-state index < -0.39 is 46.3 Å². The highest BCUT2D eigenvalue weighted by atomic mass is 32.2. The van der Waals surface area contributed by atoms with Crippen LogP contribution in [0.5, 0.6) is 0 Å². The third kappa shape index (κ3) is 6.44. The molecule has 0 radical (unpaired) electrons. The number of piperazine rings is 1. The summed E-state index contributed by atoms with van der Waals surface area (Å²) in [6, 6.07) is -1.23. The Morgan fingerprint density at radius 2 is 1.93 bits per heavy atom. The van der Waals surface area contributed by atoms with E-state index >= 15 is 0 Å². The maximum Gasteiger partial charge on any atom is 0.412 e. The van der Waals surface area contributed by atoms with Crippen LogP contribution in [0.15, 0.2) is 0 Å². The number of carbonyl (C=O) groups is 2. The quantitative estimate of drug-likeness (QED) is 0.323. The molecule has 3 unspecified atom stereocenters. The number of amidine groups is 1. The van der Waals surface area contributed by atoms with Crippen LogP contribution in [0, 0.1) is 5.41 Å². The molecule has 0 bridgehead atoms. The van der Waals surface area contributed by atoms with Crippen molar-refractivity contribution in [1.82, 2.24) is 14.7 Å². The van der Waals surface area contributed by atoms with Gasteiger partial charge in [-0.1, -0.05) is 0 Å². The van der Waals surface area contributed by atoms with E-state index in [9.17, 15) is 18.0 Å². The first-order valence-corrected chi connectivity index (χ1v) is 11.4. The molecule has 2 amide bonds. The van der Waals surface area contributed by atoms with Gasteiger partial charge in [-0.15, -0.1) is 0 Å². The highest BCUT2D eigenvalue weighted by molar-refractivity contribution is 7.86. The molecule has 0 aromatic heterocycles. The van der Waals surface area contributed by atoms with E-state index in [0.29, 0.717) is 26.2 Å². The molecular formula is C17H31N5O7S. The van der Waals surface area contributed by atoms with Crippen molar-refractivity contribution >= 4 is 28.1 Å². The van der Waals surface area contributed by atoms with Crippen LogP contribution in [-0.4, -0.2) is 104 Å². The van der Waals surface area contributed by atoms with Crippen molar-refractivity contribution < 1.29 is 31.7 Å². The molecule has 0 aromatic rings. The standard InChI is InChI=1S/C17H31N5O7S/c1-11-14(29-30(5,25)26)27-15(23)21(11)8-6-20-7-9-22(12(10-20)13(18)19)16(24)28-17(2,3)4/h11-12,14H,6-10H2,1-5H3,(H3,18,19). The number of nitrogens with two attached hydrogens (primary N) is 1. The Hall–Kier alpha value is -2.12. The van der Waals surface area contributed by atoms with Gasteiger partial charge in [0.15, 0.2) is 0 Å². The Labute approximate surface area is 176 Å². The van der Waals surface area contributed by atoms with Gasteiger partial charge in [0.1, 0.15) is 17.5 Å². The van der Waals surface area contributed by atoms with E-state index in [1.807, 2.05) is 4.90 Å². The molecule has 2 aliphatic heterocycles. The number of carbonyl (C=O) groups excluding carboxylic acids is 2. The van der Waals surface area contributed by atoms with E-state index in [0.717, 1.165) is 6.26 Å². The fourth-order valence-corrected chi connectivity index (χ4v) is 3.79. The van der Waals surface area contributed by atoms with Crippen molar-refractivity contribution in [2.75, 3.05) is 39.0 Å². The summed E-state index contributed by atoms with van der Waals surface area (Å²) in [6.07, 6.45) is -1.49. The van der Waals surface area contributed by atoms with Crippen LogP contribution in [0.1, 0.15) is 27.7 Å². The molecule has 172 valence electrons. The van der Waals surface area contributed by atoms with Crippen LogP contribution < -0.4 is 5.73 Å². The maximum atomic E-state index is 12.4. The second kappa shape index (κ2) is 8.94. The van der Waals surface area contributed by atoms with E-state index in [4.69, 9.17) is 24.8 Å². The third-order valence-corrected chi connectivity index (χ3v) is 5.25. The lowest BCUT2D eigenvalue weighted by atomic mass is 10.1. The summed E-state index contributed by atoms with van der Waals surface area (Å²) >= 11 is 0. The van der Waals surface area contributed by atoms with Crippen LogP contribution in [-0.2, 0) is 23.8 Å². The van der Waals surface area contributed by atoms with Gasteiger partial charge >= 0.3 is 12.2 Å². The van der Waals surface area contributed by atoms with E-state index in [2.05, 4.69) is 0 Å². The summed E-state index contributed by atoms with van der Waals surface area (Å²) in [7, 11) is -3.77. The lowest BCUT2D eigenvalue weighted by Gasteiger charge is -2.41. The second-order valence-electron chi connectivity index (χ2n) is 8.43. The summed E-state index contributed by atoms with van der Waals surface area (Å²) in [5, 5.41) is 7.85. The monoisotopic (exact) mass is 449 g/mol. The smallest absolute Gasteiger partial charge is 0.412 e. The zero-order valence-corrected chi connectivity index (χ0v) is 18.8. The van der Waals surface area contributed by atoms with Gasteiger partial charge < -0.3 is 15.2 Å². The first-order chi connectivity index (χ1) is 13.7. The van der Waals surface area contributed by atoms with Crippen LogP contribution in [0.25, 0.3) is 0 Å². The van der Waals surface area contributed by atoms with Crippen LogP contribution >= 0.6 is 0 Å². The summed E-state index contributed by atoms with van der Waals surface area (Å²) in [5.41, 5.74) is 5.05. The largest absolute Gasteiger partial charge is 0.444 e. The number of hydrogen-bond acceptors (Lipinski definition) is 9. The molecule has 3 atom stereocenters. The molecule has 0 saturated carbocycles. The van der Waals surface area contributed by atoms with Crippen LogP contribution in [0.3, 0.4) is 0 Å². The number of cyclic esters (lactones) is 1. The van der Waals surface area contributed by atoms with Gasteiger partial charge in [-0.3, -0.25) is 20.1 Å². The van der Waals surface area contributed by atoms with Crippen molar-refractivity contribution in [2.45, 2.75) is 51.7 Å². The number of ether oxygens (including phenoxy) is 2. The Kier molecular flexibility index (Phi) is 7.20. The van der Waals surface area contributed by atoms with Crippen LogP contribution in [0.2, 0.25) is 0 Å². The van der Waals surface area contributed by atoms with E-state index in [1.54, 1.807) is 27.7 Å². The second-order valence-corrected chi connectivity index (χ2v) is 10.0. The topological polar surface area (TPSA) is 156 Å². The molecule has 2 aliphatic rings. The first kappa shape index (κ1) is 24.2. The van der Waals surface area contributed by atoms with Crippen LogP contribution in [0.4, 0.5) is 9.59 Å². The summed E-state index contributed by atoms with van der Waals surface area (Å²) in [6.45, 7) is 8.76. The average Bonchev–Trinajstić information content (AvgIpc) is 2.83. The summed E-state index contributed by atoms with van der Waals surface area (Å²) in [4.78, 5) is 29.3. The van der Waals surface area contributed by atoms with Crippen molar-refractivity contribution in [1.29, 1.82) is 5.41 Å².